The summed E-state index contributed by atoms with van der Waals surface area (Å²) in [5.74, 6) is -4.27. The van der Waals surface area contributed by atoms with Crippen molar-refractivity contribution in [1.29, 1.82) is 0 Å². The number of rotatable bonds is 14. The lowest BCUT2D eigenvalue weighted by Gasteiger charge is -2.34. The Hall–Kier alpha value is -2.84. The molecule has 2 unspecified atom stereocenters. The van der Waals surface area contributed by atoms with Crippen LogP contribution >= 0.6 is 0 Å². The Morgan fingerprint density at radius 2 is 1.68 bits per heavy atom. The third-order valence-electron chi connectivity index (χ3n) is 9.50. The van der Waals surface area contributed by atoms with Crippen LogP contribution in [-0.2, 0) is 33.5 Å². The first kappa shape index (κ1) is 32.7. The van der Waals surface area contributed by atoms with Crippen LogP contribution in [0, 0.1) is 35.0 Å². The first-order valence-electron chi connectivity index (χ1n) is 15.0. The molecule has 1 aliphatic heterocycles. The number of primary amides is 1. The third kappa shape index (κ3) is 7.72. The summed E-state index contributed by atoms with van der Waals surface area (Å²) in [4.78, 5) is 79.4. The fourth-order valence-electron chi connectivity index (χ4n) is 6.66. The second-order valence-electron chi connectivity index (χ2n) is 13.9. The number of hydrogen-bond donors (Lipinski definition) is 1. The molecule has 41 heavy (non-hydrogen) atoms. The van der Waals surface area contributed by atoms with Gasteiger partial charge in [0, 0.05) is 31.2 Å². The molecule has 0 bridgehead atoms. The molecule has 2 N–H and O–H groups in total. The summed E-state index contributed by atoms with van der Waals surface area (Å²) in [6.45, 7) is 13.2. The Morgan fingerprint density at radius 3 is 2.20 bits per heavy atom. The lowest BCUT2D eigenvalue weighted by molar-refractivity contribution is -0.159. The first-order chi connectivity index (χ1) is 19.0. The minimum atomic E-state index is -1.04. The summed E-state index contributed by atoms with van der Waals surface area (Å²) in [7, 11) is 0. The Labute approximate surface area is 244 Å². The van der Waals surface area contributed by atoms with Crippen molar-refractivity contribution in [3.05, 3.63) is 11.6 Å². The Morgan fingerprint density at radius 1 is 1.05 bits per heavy atom. The van der Waals surface area contributed by atoms with E-state index in [2.05, 4.69) is 13.8 Å². The minimum absolute atomic E-state index is 0.0685. The smallest absolute Gasteiger partial charge is 0.307 e. The molecule has 2 amide bonds. The van der Waals surface area contributed by atoms with Crippen LogP contribution in [0.5, 0.6) is 0 Å². The van der Waals surface area contributed by atoms with Crippen LogP contribution in [0.4, 0.5) is 0 Å². The molecule has 1 heterocycles. The number of carbonyl (C=O) groups is 6. The molecule has 2 saturated carbocycles. The van der Waals surface area contributed by atoms with E-state index >= 15 is 0 Å². The second kappa shape index (κ2) is 12.6. The number of fused-ring (bicyclic) bond motifs is 1. The predicted molar refractivity (Wildman–Crippen MR) is 153 cm³/mol. The molecule has 0 aromatic heterocycles. The number of hydrogen-bond acceptors (Lipinski definition) is 7. The molecular formula is C32H48N2O7. The molecule has 3 rings (SSSR count). The average molecular weight is 573 g/mol. The van der Waals surface area contributed by atoms with Crippen LogP contribution in [0.2, 0.25) is 0 Å². The van der Waals surface area contributed by atoms with Crippen LogP contribution in [-0.4, -0.2) is 58.2 Å². The molecule has 0 aromatic carbocycles. The highest BCUT2D eigenvalue weighted by atomic mass is 16.6. The van der Waals surface area contributed by atoms with Gasteiger partial charge in [0.1, 0.15) is 5.60 Å². The fraction of sp³-hybridized carbons (Fsp3) is 0.750. The molecule has 0 spiro atoms. The maximum atomic E-state index is 14.1. The van der Waals surface area contributed by atoms with Crippen LogP contribution in [0.25, 0.3) is 0 Å². The monoisotopic (exact) mass is 572 g/mol. The summed E-state index contributed by atoms with van der Waals surface area (Å²) in [5.41, 5.74) is 5.04. The highest BCUT2D eigenvalue weighted by Gasteiger charge is 2.69. The molecule has 2 aliphatic carbocycles. The van der Waals surface area contributed by atoms with E-state index in [-0.39, 0.29) is 60.4 Å². The molecule has 9 heteroatoms. The average Bonchev–Trinajstić information content (AvgIpc) is 3.17. The topological polar surface area (TPSA) is 141 Å². The van der Waals surface area contributed by atoms with Gasteiger partial charge >= 0.3 is 5.97 Å². The van der Waals surface area contributed by atoms with Gasteiger partial charge in [0.2, 0.25) is 11.7 Å². The predicted octanol–water partition coefficient (Wildman–Crippen LogP) is 3.95. The van der Waals surface area contributed by atoms with Gasteiger partial charge in [-0.15, -0.1) is 0 Å². The molecule has 3 fully saturated rings. The number of Topliss-reactive ketones (excluding diaryl/α,β-unsaturated/α-hetero) is 3. The van der Waals surface area contributed by atoms with Gasteiger partial charge in [-0.2, -0.15) is 0 Å². The number of nitrogens with zero attached hydrogens (tertiary/aromatic N) is 1. The van der Waals surface area contributed by atoms with Gasteiger partial charge in [0.25, 0.3) is 5.91 Å². The Bertz CT molecular complexity index is 1110. The van der Waals surface area contributed by atoms with Gasteiger partial charge in [-0.1, -0.05) is 39.2 Å². The largest absolute Gasteiger partial charge is 0.460 e. The molecule has 228 valence electrons. The van der Waals surface area contributed by atoms with E-state index in [9.17, 15) is 28.8 Å². The number of likely N-dealkylation sites (tertiary alicyclic amines) is 1. The van der Waals surface area contributed by atoms with Crippen molar-refractivity contribution in [2.75, 3.05) is 6.54 Å². The molecule has 3 aliphatic rings. The number of esters is 1. The summed E-state index contributed by atoms with van der Waals surface area (Å²) in [6, 6.07) is -0.749. The first-order valence-corrected chi connectivity index (χ1v) is 15.0. The van der Waals surface area contributed by atoms with Crippen LogP contribution in [0.3, 0.4) is 0 Å². The van der Waals surface area contributed by atoms with Crippen molar-refractivity contribution in [3.63, 3.8) is 0 Å². The van der Waals surface area contributed by atoms with Gasteiger partial charge in [-0.25, -0.2) is 0 Å². The van der Waals surface area contributed by atoms with Crippen molar-refractivity contribution in [2.45, 2.75) is 111 Å². The molecular weight excluding hydrogens is 524 g/mol. The lowest BCUT2D eigenvalue weighted by Crippen LogP contribution is -2.49. The molecule has 0 radical (unpaired) electrons. The minimum Gasteiger partial charge on any atom is -0.460 e. The van der Waals surface area contributed by atoms with Crippen molar-refractivity contribution in [3.8, 4) is 0 Å². The summed E-state index contributed by atoms with van der Waals surface area (Å²) in [5, 5.41) is 0. The van der Waals surface area contributed by atoms with Gasteiger partial charge < -0.3 is 15.4 Å². The SMILES string of the molecule is C/C=C(\C)C(=O)CC[C@H](CC(=O)OC(C)(C)C)C(=O)N1CC2[C@@H]([C@H]1C(=O)CC(CC1CCC1)C(=O)C(N)=O)C2(C)C. The molecule has 0 aromatic rings. The number of piperidine rings is 1. The molecule has 1 saturated heterocycles. The number of ether oxygens (including phenoxy) is 1. The van der Waals surface area contributed by atoms with Crippen molar-refractivity contribution < 1.29 is 33.5 Å². The number of nitrogens with two attached hydrogens (primary N) is 1. The van der Waals surface area contributed by atoms with Crippen molar-refractivity contribution in [2.24, 2.45) is 40.7 Å². The van der Waals surface area contributed by atoms with Gasteiger partial charge in [0.05, 0.1) is 12.5 Å². The van der Waals surface area contributed by atoms with Crippen LogP contribution in [0.1, 0.15) is 99.8 Å². The van der Waals surface area contributed by atoms with Crippen LogP contribution < -0.4 is 5.73 Å². The Kier molecular flexibility index (Phi) is 10.0. The zero-order chi connectivity index (χ0) is 30.9. The zero-order valence-corrected chi connectivity index (χ0v) is 25.8. The number of carbonyl (C=O) groups excluding carboxylic acids is 6. The van der Waals surface area contributed by atoms with Crippen molar-refractivity contribution >= 4 is 35.1 Å². The molecule has 5 atom stereocenters. The lowest BCUT2D eigenvalue weighted by atomic mass is 9.76. The van der Waals surface area contributed by atoms with E-state index in [1.807, 2.05) is 0 Å². The maximum Gasteiger partial charge on any atom is 0.307 e. The maximum absolute atomic E-state index is 14.1. The van der Waals surface area contributed by atoms with E-state index in [1.165, 1.54) is 0 Å². The number of amides is 2. The second-order valence-corrected chi connectivity index (χ2v) is 13.9. The van der Waals surface area contributed by atoms with Gasteiger partial charge in [-0.3, -0.25) is 28.8 Å². The third-order valence-corrected chi connectivity index (χ3v) is 9.50. The Balaban J connectivity index is 1.84. The highest BCUT2D eigenvalue weighted by molar-refractivity contribution is 6.36. The summed E-state index contributed by atoms with van der Waals surface area (Å²) >= 11 is 0. The van der Waals surface area contributed by atoms with Gasteiger partial charge in [0.15, 0.2) is 11.6 Å². The number of allylic oxidation sites excluding steroid dienone is 2. The van der Waals surface area contributed by atoms with Gasteiger partial charge in [-0.05, 0) is 76.2 Å². The zero-order valence-electron chi connectivity index (χ0n) is 25.8. The molecule has 9 nitrogen and oxygen atoms in total. The van der Waals surface area contributed by atoms with Crippen LogP contribution in [0.15, 0.2) is 11.6 Å². The summed E-state index contributed by atoms with van der Waals surface area (Å²) < 4.78 is 5.49. The van der Waals surface area contributed by atoms with E-state index in [0.717, 1.165) is 19.3 Å². The van der Waals surface area contributed by atoms with Crippen molar-refractivity contribution in [1.82, 2.24) is 4.90 Å². The fourth-order valence-corrected chi connectivity index (χ4v) is 6.66. The standard InChI is InChI=1S/C32H48N2O7/c1-8-18(2)23(35)13-12-20(16-25(37)41-31(3,4)5)30(40)34-17-22-26(32(22,6)7)27(34)24(36)15-21(28(38)29(33)39)14-19-10-9-11-19/h8,19-22,26-27H,9-17H2,1-7H3,(H2,33,39)/b18-8+/t20-,21?,22?,26+,27-/m1/s1. The van der Waals surface area contributed by atoms with E-state index < -0.39 is 41.1 Å². The van der Waals surface area contributed by atoms with E-state index in [1.54, 1.807) is 45.6 Å². The quantitative estimate of drug-likeness (QED) is 0.189. The highest BCUT2D eigenvalue weighted by Crippen LogP contribution is 2.65. The normalized spacial score (nSPS) is 25.0. The number of ketones is 3. The van der Waals surface area contributed by atoms with E-state index in [0.29, 0.717) is 24.5 Å². The van der Waals surface area contributed by atoms with E-state index in [4.69, 9.17) is 10.5 Å². The summed E-state index contributed by atoms with van der Waals surface area (Å²) in [6.07, 6.45) is 5.05.